The number of methoxy groups -OCH3 is 2. The van der Waals surface area contributed by atoms with Gasteiger partial charge in [-0.25, -0.2) is 0 Å². The average Bonchev–Trinajstić information content (AvgIpc) is 2.53. The molecule has 0 amide bonds. The highest BCUT2D eigenvalue weighted by Gasteiger charge is 2.32. The summed E-state index contributed by atoms with van der Waals surface area (Å²) in [4.78, 5) is 27.1. The van der Waals surface area contributed by atoms with Crippen molar-refractivity contribution in [1.29, 1.82) is 0 Å². The van der Waals surface area contributed by atoms with Gasteiger partial charge in [-0.2, -0.15) is 0 Å². The van der Waals surface area contributed by atoms with Gasteiger partial charge in [-0.15, -0.1) is 0 Å². The first kappa shape index (κ1) is 15.9. The maximum Gasteiger partial charge on any atom is 0.312 e. The number of esters is 1. The molecule has 1 aliphatic heterocycles. The molecule has 1 aromatic carbocycles. The number of hydrogen-bond acceptors (Lipinski definition) is 6. The third kappa shape index (κ3) is 2.58. The van der Waals surface area contributed by atoms with E-state index in [4.69, 9.17) is 14.2 Å². The van der Waals surface area contributed by atoms with E-state index in [-0.39, 0.29) is 35.0 Å². The quantitative estimate of drug-likeness (QED) is 0.833. The maximum absolute atomic E-state index is 12.4. The number of rotatable bonds is 3. The summed E-state index contributed by atoms with van der Waals surface area (Å²) >= 11 is 0. The zero-order valence-corrected chi connectivity index (χ0v) is 13.5. The fourth-order valence-electron chi connectivity index (χ4n) is 2.92. The third-order valence-electron chi connectivity index (χ3n) is 4.02. The summed E-state index contributed by atoms with van der Waals surface area (Å²) in [5, 5.41) is 10.0. The Bertz CT molecular complexity index is 845. The van der Waals surface area contributed by atoms with Crippen LogP contribution in [-0.2, 0) is 4.79 Å². The molecular weight excluding hydrogens is 314 g/mol. The number of hydrogen-bond donors (Lipinski definition) is 2. The molecule has 24 heavy (non-hydrogen) atoms. The summed E-state index contributed by atoms with van der Waals surface area (Å²) in [5.41, 5.74) is 1.28. The van der Waals surface area contributed by atoms with Crippen LogP contribution in [0.2, 0.25) is 0 Å². The van der Waals surface area contributed by atoms with Gasteiger partial charge in [-0.05, 0) is 24.6 Å². The van der Waals surface area contributed by atoms with Crippen LogP contribution in [0.15, 0.2) is 23.0 Å². The van der Waals surface area contributed by atoms with Crippen LogP contribution in [0.3, 0.4) is 0 Å². The summed E-state index contributed by atoms with van der Waals surface area (Å²) in [7, 11) is 2.83. The second-order valence-corrected chi connectivity index (χ2v) is 5.56. The smallest absolute Gasteiger partial charge is 0.312 e. The number of carbonyl (C=O) groups is 1. The van der Waals surface area contributed by atoms with Crippen molar-refractivity contribution in [3.8, 4) is 23.0 Å². The van der Waals surface area contributed by atoms with E-state index < -0.39 is 11.9 Å². The van der Waals surface area contributed by atoms with E-state index in [1.165, 1.54) is 14.2 Å². The van der Waals surface area contributed by atoms with E-state index in [2.05, 4.69) is 4.98 Å². The maximum atomic E-state index is 12.4. The van der Waals surface area contributed by atoms with Gasteiger partial charge in [0.2, 0.25) is 5.75 Å². The van der Waals surface area contributed by atoms with E-state index in [1.807, 2.05) is 0 Å². The van der Waals surface area contributed by atoms with Crippen LogP contribution < -0.4 is 19.8 Å². The number of pyridine rings is 1. The molecule has 1 aliphatic rings. The van der Waals surface area contributed by atoms with E-state index in [0.29, 0.717) is 16.8 Å². The average molecular weight is 331 g/mol. The molecule has 2 heterocycles. The number of fused-ring (bicyclic) bond motifs is 1. The molecule has 0 saturated carbocycles. The molecule has 0 spiro atoms. The Hall–Kier alpha value is -2.96. The monoisotopic (exact) mass is 331 g/mol. The molecule has 0 fully saturated rings. The number of phenolic OH excluding ortho intramolecular Hbond substituents is 1. The number of carbonyl (C=O) groups excluding carboxylic acids is 1. The Balaban J connectivity index is 2.21. The fraction of sp³-hybridized carbons (Fsp3) is 0.294. The minimum absolute atomic E-state index is 0.0101. The zero-order valence-electron chi connectivity index (χ0n) is 13.5. The molecule has 3 rings (SSSR count). The molecule has 7 heteroatoms. The number of phenols is 1. The van der Waals surface area contributed by atoms with Crippen molar-refractivity contribution < 1.29 is 24.1 Å². The third-order valence-corrected chi connectivity index (χ3v) is 4.02. The lowest BCUT2D eigenvalue weighted by atomic mass is 9.86. The van der Waals surface area contributed by atoms with E-state index in [1.54, 1.807) is 25.1 Å². The van der Waals surface area contributed by atoms with Crippen LogP contribution in [0.4, 0.5) is 0 Å². The Labute approximate surface area is 137 Å². The molecule has 0 bridgehead atoms. The number of aryl methyl sites for hydroxylation is 1. The molecule has 2 aromatic rings. The van der Waals surface area contributed by atoms with E-state index >= 15 is 0 Å². The van der Waals surface area contributed by atoms with Gasteiger partial charge in [-0.1, -0.05) is 0 Å². The number of ether oxygens (including phenoxy) is 3. The van der Waals surface area contributed by atoms with Gasteiger partial charge >= 0.3 is 5.97 Å². The van der Waals surface area contributed by atoms with Crippen molar-refractivity contribution in [1.82, 2.24) is 4.98 Å². The minimum atomic E-state index is -0.519. The SMILES string of the molecule is COc1cc(C2CC(=O)Oc3cc(C)[nH]c(=O)c32)cc(OC)c1O. The van der Waals surface area contributed by atoms with Crippen molar-refractivity contribution in [3.05, 3.63) is 45.4 Å². The summed E-state index contributed by atoms with van der Waals surface area (Å²) in [6.07, 6.45) is 0.0101. The van der Waals surface area contributed by atoms with Gasteiger partial charge < -0.3 is 24.3 Å². The summed E-state index contributed by atoms with van der Waals surface area (Å²) in [6.45, 7) is 1.71. The highest BCUT2D eigenvalue weighted by Crippen LogP contribution is 2.43. The molecule has 0 saturated heterocycles. The molecule has 1 atom stereocenters. The number of benzene rings is 1. The molecule has 0 aliphatic carbocycles. The predicted octanol–water partition coefficient (Wildman–Crippen LogP) is 1.85. The summed E-state index contributed by atoms with van der Waals surface area (Å²) in [5.74, 6) is -0.428. The first-order valence-electron chi connectivity index (χ1n) is 7.34. The van der Waals surface area contributed by atoms with Crippen LogP contribution in [0, 0.1) is 6.92 Å². The van der Waals surface area contributed by atoms with Crippen LogP contribution in [0.5, 0.6) is 23.0 Å². The number of nitrogens with one attached hydrogen (secondary N) is 1. The fourth-order valence-corrected chi connectivity index (χ4v) is 2.92. The first-order valence-corrected chi connectivity index (χ1v) is 7.34. The lowest BCUT2D eigenvalue weighted by Crippen LogP contribution is -2.28. The molecule has 1 aromatic heterocycles. The van der Waals surface area contributed by atoms with Gasteiger partial charge in [-0.3, -0.25) is 9.59 Å². The summed E-state index contributed by atoms with van der Waals surface area (Å²) < 4.78 is 15.5. The Morgan fingerprint density at radius 1 is 1.17 bits per heavy atom. The molecule has 1 unspecified atom stereocenters. The lowest BCUT2D eigenvalue weighted by molar-refractivity contribution is -0.135. The molecule has 0 radical (unpaired) electrons. The normalized spacial score (nSPS) is 16.3. The predicted molar refractivity (Wildman–Crippen MR) is 85.1 cm³/mol. The number of aromatic amines is 1. The van der Waals surface area contributed by atoms with Crippen LogP contribution in [0.1, 0.15) is 29.2 Å². The lowest BCUT2D eigenvalue weighted by Gasteiger charge is -2.25. The van der Waals surface area contributed by atoms with Crippen LogP contribution in [-0.4, -0.2) is 30.3 Å². The van der Waals surface area contributed by atoms with Gasteiger partial charge in [0.25, 0.3) is 5.56 Å². The van der Waals surface area contributed by atoms with Crippen molar-refractivity contribution in [2.75, 3.05) is 14.2 Å². The first-order chi connectivity index (χ1) is 11.4. The molecule has 2 N–H and O–H groups in total. The second-order valence-electron chi connectivity index (χ2n) is 5.56. The van der Waals surface area contributed by atoms with Gasteiger partial charge in [0.15, 0.2) is 11.5 Å². The summed E-state index contributed by atoms with van der Waals surface area (Å²) in [6, 6.07) is 4.80. The topological polar surface area (TPSA) is 97.9 Å². The number of H-pyrrole nitrogens is 1. The van der Waals surface area contributed by atoms with E-state index in [0.717, 1.165) is 0 Å². The van der Waals surface area contributed by atoms with Crippen LogP contribution in [0.25, 0.3) is 0 Å². The zero-order chi connectivity index (χ0) is 17.4. The van der Waals surface area contributed by atoms with Crippen molar-refractivity contribution in [2.24, 2.45) is 0 Å². The standard InChI is InChI=1S/C17H17NO6/c1-8-4-11-15(17(21)18-8)10(7-14(19)24-11)9-5-12(22-2)16(20)13(6-9)23-3/h4-6,10,20H,7H2,1-3H3,(H,18,21). The highest BCUT2D eigenvalue weighted by atomic mass is 16.5. The van der Waals surface area contributed by atoms with E-state index in [9.17, 15) is 14.7 Å². The van der Waals surface area contributed by atoms with Gasteiger partial charge in [0.1, 0.15) is 5.75 Å². The van der Waals surface area contributed by atoms with Gasteiger partial charge in [0.05, 0.1) is 26.2 Å². The molecule has 126 valence electrons. The Morgan fingerprint density at radius 2 is 1.79 bits per heavy atom. The number of aromatic hydroxyl groups is 1. The van der Waals surface area contributed by atoms with Crippen molar-refractivity contribution in [2.45, 2.75) is 19.3 Å². The Morgan fingerprint density at radius 3 is 2.38 bits per heavy atom. The highest BCUT2D eigenvalue weighted by molar-refractivity contribution is 5.77. The van der Waals surface area contributed by atoms with Crippen molar-refractivity contribution >= 4 is 5.97 Å². The minimum Gasteiger partial charge on any atom is -0.502 e. The van der Waals surface area contributed by atoms with Crippen LogP contribution >= 0.6 is 0 Å². The molecular formula is C17H17NO6. The van der Waals surface area contributed by atoms with Crippen molar-refractivity contribution in [3.63, 3.8) is 0 Å². The number of aromatic nitrogens is 1. The second kappa shape index (κ2) is 5.92. The van der Waals surface area contributed by atoms with Gasteiger partial charge in [0, 0.05) is 17.7 Å². The molecule has 7 nitrogen and oxygen atoms in total. The largest absolute Gasteiger partial charge is 0.502 e. The Kier molecular flexibility index (Phi) is 3.92.